The van der Waals surface area contributed by atoms with Crippen LogP contribution in [0, 0.1) is 17.2 Å². The van der Waals surface area contributed by atoms with Crippen molar-refractivity contribution in [2.45, 2.75) is 19.3 Å². The molecule has 0 spiro atoms. The van der Waals surface area contributed by atoms with Crippen molar-refractivity contribution in [3.05, 3.63) is 18.1 Å². The van der Waals surface area contributed by atoms with Gasteiger partial charge in [0.25, 0.3) is 5.88 Å². The highest BCUT2D eigenvalue weighted by Gasteiger charge is 2.18. The van der Waals surface area contributed by atoms with Gasteiger partial charge in [-0.1, -0.05) is 6.42 Å². The Hall–Kier alpha value is -1.63. The lowest BCUT2D eigenvalue weighted by molar-refractivity contribution is 0.174. The van der Waals surface area contributed by atoms with Crippen molar-refractivity contribution in [1.29, 1.82) is 5.26 Å². The third kappa shape index (κ3) is 1.82. The minimum absolute atomic E-state index is 0.270. The molecule has 0 N–H and O–H groups in total. The van der Waals surface area contributed by atoms with Gasteiger partial charge in [0, 0.05) is 12.4 Å². The van der Waals surface area contributed by atoms with E-state index in [0.29, 0.717) is 18.4 Å². The summed E-state index contributed by atoms with van der Waals surface area (Å²) in [5.74, 6) is 1.01. The van der Waals surface area contributed by atoms with E-state index in [1.54, 1.807) is 0 Å². The van der Waals surface area contributed by atoms with Crippen molar-refractivity contribution in [2.75, 3.05) is 6.61 Å². The van der Waals surface area contributed by atoms with Crippen LogP contribution in [-0.2, 0) is 0 Å². The average Bonchev–Trinajstić information content (AvgIpc) is 2.16. The SMILES string of the molecule is N#Cc1nccnc1OCC1CCC1. The Balaban J connectivity index is 1.97. The summed E-state index contributed by atoms with van der Waals surface area (Å²) in [4.78, 5) is 7.84. The number of rotatable bonds is 3. The second kappa shape index (κ2) is 4.05. The quantitative estimate of drug-likeness (QED) is 0.723. The van der Waals surface area contributed by atoms with Crippen LogP contribution in [0.5, 0.6) is 5.88 Å². The first kappa shape index (κ1) is 8.95. The topological polar surface area (TPSA) is 58.8 Å². The van der Waals surface area contributed by atoms with Crippen LogP contribution in [0.2, 0.25) is 0 Å². The lowest BCUT2D eigenvalue weighted by atomic mass is 9.86. The van der Waals surface area contributed by atoms with Gasteiger partial charge in [-0.05, 0) is 18.8 Å². The summed E-state index contributed by atoms with van der Waals surface area (Å²) >= 11 is 0. The van der Waals surface area contributed by atoms with Gasteiger partial charge in [-0.3, -0.25) is 0 Å². The van der Waals surface area contributed by atoms with Crippen LogP contribution in [0.3, 0.4) is 0 Å². The third-order valence-electron chi connectivity index (χ3n) is 2.45. The molecular formula is C10H11N3O. The summed E-state index contributed by atoms with van der Waals surface area (Å²) in [6.45, 7) is 0.660. The van der Waals surface area contributed by atoms with Crippen LogP contribution >= 0.6 is 0 Å². The largest absolute Gasteiger partial charge is 0.475 e. The Morgan fingerprint density at radius 2 is 2.21 bits per heavy atom. The summed E-state index contributed by atoms with van der Waals surface area (Å²) in [5, 5.41) is 8.72. The molecule has 0 radical (unpaired) electrons. The fourth-order valence-corrected chi connectivity index (χ4v) is 1.36. The Kier molecular flexibility index (Phi) is 2.59. The zero-order valence-electron chi connectivity index (χ0n) is 7.81. The van der Waals surface area contributed by atoms with Gasteiger partial charge >= 0.3 is 0 Å². The Morgan fingerprint density at radius 3 is 2.86 bits per heavy atom. The second-order valence-corrected chi connectivity index (χ2v) is 3.43. The highest BCUT2D eigenvalue weighted by atomic mass is 16.5. The molecule has 0 aliphatic heterocycles. The molecule has 1 aliphatic rings. The minimum atomic E-state index is 0.270. The van der Waals surface area contributed by atoms with E-state index < -0.39 is 0 Å². The summed E-state index contributed by atoms with van der Waals surface area (Å²) in [6.07, 6.45) is 6.77. The van der Waals surface area contributed by atoms with Gasteiger partial charge < -0.3 is 4.74 Å². The number of ether oxygens (including phenoxy) is 1. The number of hydrogen-bond acceptors (Lipinski definition) is 4. The van der Waals surface area contributed by atoms with Gasteiger partial charge in [0.1, 0.15) is 6.07 Å². The maximum Gasteiger partial charge on any atom is 0.251 e. The van der Waals surface area contributed by atoms with E-state index in [4.69, 9.17) is 10.00 Å². The highest BCUT2D eigenvalue weighted by molar-refractivity contribution is 5.29. The molecule has 1 saturated carbocycles. The number of hydrogen-bond donors (Lipinski definition) is 0. The molecule has 72 valence electrons. The molecule has 14 heavy (non-hydrogen) atoms. The summed E-state index contributed by atoms with van der Waals surface area (Å²) in [5.41, 5.74) is 0.270. The number of nitriles is 1. The normalized spacial score (nSPS) is 15.6. The molecule has 0 aromatic carbocycles. The predicted molar refractivity (Wildman–Crippen MR) is 49.6 cm³/mol. The van der Waals surface area contributed by atoms with Gasteiger partial charge in [0.05, 0.1) is 6.61 Å². The van der Waals surface area contributed by atoms with E-state index in [9.17, 15) is 0 Å². The van der Waals surface area contributed by atoms with Crippen LogP contribution < -0.4 is 4.74 Å². The van der Waals surface area contributed by atoms with Crippen molar-refractivity contribution >= 4 is 0 Å². The molecule has 1 heterocycles. The van der Waals surface area contributed by atoms with Crippen molar-refractivity contribution < 1.29 is 4.74 Å². The third-order valence-corrected chi connectivity index (χ3v) is 2.45. The molecule has 0 saturated heterocycles. The molecule has 4 nitrogen and oxygen atoms in total. The minimum Gasteiger partial charge on any atom is -0.475 e. The summed E-state index contributed by atoms with van der Waals surface area (Å²) < 4.78 is 5.44. The first-order chi connectivity index (χ1) is 6.90. The molecule has 0 atom stereocenters. The average molecular weight is 189 g/mol. The van der Waals surface area contributed by atoms with Crippen molar-refractivity contribution in [1.82, 2.24) is 9.97 Å². The summed E-state index contributed by atoms with van der Waals surface area (Å²) in [6, 6.07) is 1.96. The smallest absolute Gasteiger partial charge is 0.251 e. The monoisotopic (exact) mass is 189 g/mol. The van der Waals surface area contributed by atoms with Crippen LogP contribution in [-0.4, -0.2) is 16.6 Å². The first-order valence-electron chi connectivity index (χ1n) is 4.74. The second-order valence-electron chi connectivity index (χ2n) is 3.43. The highest BCUT2D eigenvalue weighted by Crippen LogP contribution is 2.26. The zero-order chi connectivity index (χ0) is 9.80. The molecule has 0 bridgehead atoms. The van der Waals surface area contributed by atoms with Gasteiger partial charge in [-0.25, -0.2) is 9.97 Å². The van der Waals surface area contributed by atoms with Crippen LogP contribution in [0.25, 0.3) is 0 Å². The van der Waals surface area contributed by atoms with Gasteiger partial charge in [0.15, 0.2) is 0 Å². The lowest BCUT2D eigenvalue weighted by Gasteiger charge is -2.24. The Morgan fingerprint density at radius 1 is 1.43 bits per heavy atom. The van der Waals surface area contributed by atoms with E-state index in [2.05, 4.69) is 9.97 Å². The van der Waals surface area contributed by atoms with Gasteiger partial charge in [-0.15, -0.1) is 0 Å². The van der Waals surface area contributed by atoms with Crippen molar-refractivity contribution in [3.63, 3.8) is 0 Å². The molecule has 0 unspecified atom stereocenters. The van der Waals surface area contributed by atoms with Gasteiger partial charge in [0.2, 0.25) is 5.69 Å². The molecule has 2 rings (SSSR count). The molecule has 1 aromatic rings. The maximum atomic E-state index is 8.72. The number of aromatic nitrogens is 2. The van der Waals surface area contributed by atoms with Gasteiger partial charge in [-0.2, -0.15) is 5.26 Å². The summed E-state index contributed by atoms with van der Waals surface area (Å²) in [7, 11) is 0. The van der Waals surface area contributed by atoms with E-state index in [-0.39, 0.29) is 5.69 Å². The predicted octanol–water partition coefficient (Wildman–Crippen LogP) is 1.53. The van der Waals surface area contributed by atoms with Crippen LogP contribution in [0.4, 0.5) is 0 Å². The molecular weight excluding hydrogens is 178 g/mol. The fraction of sp³-hybridized carbons (Fsp3) is 0.500. The molecule has 4 heteroatoms. The fourth-order valence-electron chi connectivity index (χ4n) is 1.36. The van der Waals surface area contributed by atoms with E-state index in [0.717, 1.165) is 0 Å². The zero-order valence-corrected chi connectivity index (χ0v) is 7.81. The maximum absolute atomic E-state index is 8.72. The first-order valence-corrected chi connectivity index (χ1v) is 4.74. The number of nitrogens with zero attached hydrogens (tertiary/aromatic N) is 3. The van der Waals surface area contributed by atoms with E-state index in [1.165, 1.54) is 31.7 Å². The van der Waals surface area contributed by atoms with Crippen molar-refractivity contribution in [3.8, 4) is 11.9 Å². The molecule has 1 aromatic heterocycles. The van der Waals surface area contributed by atoms with E-state index >= 15 is 0 Å². The van der Waals surface area contributed by atoms with Crippen LogP contribution in [0.15, 0.2) is 12.4 Å². The van der Waals surface area contributed by atoms with Crippen molar-refractivity contribution in [2.24, 2.45) is 5.92 Å². The van der Waals surface area contributed by atoms with Crippen LogP contribution in [0.1, 0.15) is 25.0 Å². The Labute approximate surface area is 82.6 Å². The van der Waals surface area contributed by atoms with E-state index in [1.807, 2.05) is 6.07 Å². The standard InChI is InChI=1S/C10H11N3O/c11-6-9-10(13-5-4-12-9)14-7-8-2-1-3-8/h4-5,8H,1-3,7H2. The lowest BCUT2D eigenvalue weighted by Crippen LogP contribution is -2.20. The molecule has 0 amide bonds. The molecule has 1 fully saturated rings. The Bertz CT molecular complexity index is 355. The molecule has 1 aliphatic carbocycles.